The Labute approximate surface area is 118 Å². The molecule has 0 radical (unpaired) electrons. The highest BCUT2D eigenvalue weighted by atomic mass is 16.3. The summed E-state index contributed by atoms with van der Waals surface area (Å²) in [7, 11) is 0. The molecule has 1 aliphatic rings. The summed E-state index contributed by atoms with van der Waals surface area (Å²) in [6, 6.07) is 0. The van der Waals surface area contributed by atoms with Crippen molar-refractivity contribution >= 4 is 0 Å². The second kappa shape index (κ2) is 9.70. The van der Waals surface area contributed by atoms with Gasteiger partial charge in [0.1, 0.15) is 0 Å². The molecule has 1 fully saturated rings. The Bertz CT molecular complexity index is 218. The van der Waals surface area contributed by atoms with Gasteiger partial charge >= 0.3 is 0 Å². The van der Waals surface area contributed by atoms with Crippen LogP contribution in [0, 0.1) is 5.92 Å². The minimum absolute atomic E-state index is 0.130. The van der Waals surface area contributed by atoms with Gasteiger partial charge in [-0.15, -0.1) is 0 Å². The predicted octanol–water partition coefficient (Wildman–Crippen LogP) is 1.17. The van der Waals surface area contributed by atoms with Crippen molar-refractivity contribution in [2.75, 3.05) is 45.9 Å². The number of aliphatic hydroxyl groups excluding tert-OH is 2. The van der Waals surface area contributed by atoms with Gasteiger partial charge in [-0.05, 0) is 12.3 Å². The van der Waals surface area contributed by atoms with Gasteiger partial charge in [-0.25, -0.2) is 0 Å². The van der Waals surface area contributed by atoms with Gasteiger partial charge in [0.2, 0.25) is 0 Å². The van der Waals surface area contributed by atoms with E-state index in [-0.39, 0.29) is 6.61 Å². The summed E-state index contributed by atoms with van der Waals surface area (Å²) >= 11 is 0. The Morgan fingerprint density at radius 3 is 2.05 bits per heavy atom. The third-order valence-electron chi connectivity index (χ3n) is 4.20. The van der Waals surface area contributed by atoms with Gasteiger partial charge in [-0.3, -0.25) is 4.90 Å². The van der Waals surface area contributed by atoms with Gasteiger partial charge in [0.05, 0.1) is 12.7 Å². The van der Waals surface area contributed by atoms with Crippen LogP contribution in [0.1, 0.15) is 39.5 Å². The van der Waals surface area contributed by atoms with E-state index < -0.39 is 6.10 Å². The summed E-state index contributed by atoms with van der Waals surface area (Å²) in [6.07, 6.45) is 4.70. The first-order valence-electron chi connectivity index (χ1n) is 7.93. The largest absolute Gasteiger partial charge is 0.394 e. The Balaban J connectivity index is 2.21. The molecule has 2 unspecified atom stereocenters. The van der Waals surface area contributed by atoms with Crippen molar-refractivity contribution in [3.05, 3.63) is 0 Å². The van der Waals surface area contributed by atoms with Gasteiger partial charge in [0.25, 0.3) is 0 Å². The first-order valence-corrected chi connectivity index (χ1v) is 7.93. The van der Waals surface area contributed by atoms with Gasteiger partial charge in [-0.1, -0.05) is 33.1 Å². The van der Waals surface area contributed by atoms with Crippen LogP contribution in [0.15, 0.2) is 0 Å². The van der Waals surface area contributed by atoms with E-state index in [0.717, 1.165) is 32.1 Å². The fourth-order valence-electron chi connectivity index (χ4n) is 2.79. The molecule has 0 bridgehead atoms. The third-order valence-corrected chi connectivity index (χ3v) is 4.20. The van der Waals surface area contributed by atoms with Crippen LogP contribution < -0.4 is 0 Å². The van der Waals surface area contributed by atoms with Crippen molar-refractivity contribution in [2.24, 2.45) is 5.92 Å². The van der Waals surface area contributed by atoms with Crippen molar-refractivity contribution < 1.29 is 10.2 Å². The number of nitrogens with zero attached hydrogens (tertiary/aromatic N) is 2. The van der Waals surface area contributed by atoms with Crippen LogP contribution in [0.3, 0.4) is 0 Å². The number of hydrogen-bond donors (Lipinski definition) is 2. The van der Waals surface area contributed by atoms with Gasteiger partial charge < -0.3 is 15.1 Å². The predicted molar refractivity (Wildman–Crippen MR) is 79.3 cm³/mol. The van der Waals surface area contributed by atoms with E-state index in [1.807, 2.05) is 0 Å². The van der Waals surface area contributed by atoms with Crippen LogP contribution in [-0.4, -0.2) is 72.0 Å². The first-order chi connectivity index (χ1) is 9.19. The number of β-amino-alcohol motifs (C(OH)–C–C–N with tert-alkyl or cyclic N) is 1. The first kappa shape index (κ1) is 16.9. The maximum absolute atomic E-state index is 9.45. The zero-order chi connectivity index (χ0) is 14.1. The van der Waals surface area contributed by atoms with Gasteiger partial charge in [0, 0.05) is 39.3 Å². The number of unbranched alkanes of at least 4 members (excludes halogenated alkanes) is 1. The molecule has 0 aliphatic carbocycles. The average molecular weight is 272 g/mol. The highest BCUT2D eigenvalue weighted by molar-refractivity contribution is 4.75. The fourth-order valence-corrected chi connectivity index (χ4v) is 2.79. The molecule has 0 aromatic carbocycles. The number of piperazine rings is 1. The standard InChI is InChI=1S/C15H32N2O2/c1-3-5-6-14(4-2)11-16-7-9-17(10-8-16)12-15(19)13-18/h14-15,18-19H,3-13H2,1-2H3. The van der Waals surface area contributed by atoms with E-state index in [0.29, 0.717) is 6.54 Å². The Morgan fingerprint density at radius 2 is 1.58 bits per heavy atom. The SMILES string of the molecule is CCCCC(CC)CN1CCN(CC(O)CO)CC1. The highest BCUT2D eigenvalue weighted by Gasteiger charge is 2.20. The van der Waals surface area contributed by atoms with E-state index in [4.69, 9.17) is 5.11 Å². The summed E-state index contributed by atoms with van der Waals surface area (Å²) < 4.78 is 0. The van der Waals surface area contributed by atoms with Crippen LogP contribution in [0.25, 0.3) is 0 Å². The number of aliphatic hydroxyl groups is 2. The van der Waals surface area contributed by atoms with Crippen LogP contribution in [0.4, 0.5) is 0 Å². The molecular weight excluding hydrogens is 240 g/mol. The second-order valence-corrected chi connectivity index (χ2v) is 5.85. The van der Waals surface area contributed by atoms with Crippen LogP contribution >= 0.6 is 0 Å². The average Bonchev–Trinajstić information content (AvgIpc) is 2.45. The molecule has 0 spiro atoms. The van der Waals surface area contributed by atoms with Crippen molar-refractivity contribution in [1.82, 2.24) is 9.80 Å². The summed E-state index contributed by atoms with van der Waals surface area (Å²) in [5.74, 6) is 0.842. The topological polar surface area (TPSA) is 46.9 Å². The summed E-state index contributed by atoms with van der Waals surface area (Å²) in [5.41, 5.74) is 0. The lowest BCUT2D eigenvalue weighted by molar-refractivity contribution is 0.0365. The molecule has 0 saturated carbocycles. The van der Waals surface area contributed by atoms with E-state index in [9.17, 15) is 5.11 Å². The maximum Gasteiger partial charge on any atom is 0.0897 e. The van der Waals surface area contributed by atoms with Gasteiger partial charge in [0.15, 0.2) is 0 Å². The molecule has 0 amide bonds. The zero-order valence-corrected chi connectivity index (χ0v) is 12.7. The fraction of sp³-hybridized carbons (Fsp3) is 1.00. The Hall–Kier alpha value is -0.160. The molecule has 0 aromatic heterocycles. The second-order valence-electron chi connectivity index (χ2n) is 5.85. The van der Waals surface area contributed by atoms with E-state index in [1.54, 1.807) is 0 Å². The van der Waals surface area contributed by atoms with Crippen molar-refractivity contribution in [3.8, 4) is 0 Å². The van der Waals surface area contributed by atoms with E-state index in [2.05, 4.69) is 23.6 Å². The number of hydrogen-bond acceptors (Lipinski definition) is 4. The van der Waals surface area contributed by atoms with Crippen LogP contribution in [0.5, 0.6) is 0 Å². The van der Waals surface area contributed by atoms with Crippen molar-refractivity contribution in [2.45, 2.75) is 45.6 Å². The van der Waals surface area contributed by atoms with Crippen LogP contribution in [0.2, 0.25) is 0 Å². The molecule has 1 saturated heterocycles. The molecule has 2 atom stereocenters. The third kappa shape index (κ3) is 6.70. The maximum atomic E-state index is 9.45. The number of rotatable bonds is 9. The molecule has 114 valence electrons. The van der Waals surface area contributed by atoms with Crippen LogP contribution in [-0.2, 0) is 0 Å². The monoisotopic (exact) mass is 272 g/mol. The Kier molecular flexibility index (Phi) is 8.62. The summed E-state index contributed by atoms with van der Waals surface area (Å²) in [5, 5.41) is 18.3. The van der Waals surface area contributed by atoms with Crippen molar-refractivity contribution in [3.63, 3.8) is 0 Å². The minimum Gasteiger partial charge on any atom is -0.394 e. The molecule has 19 heavy (non-hydrogen) atoms. The molecule has 1 aliphatic heterocycles. The normalized spacial score (nSPS) is 21.5. The lowest BCUT2D eigenvalue weighted by atomic mass is 9.98. The molecule has 0 aromatic rings. The molecule has 4 nitrogen and oxygen atoms in total. The highest BCUT2D eigenvalue weighted by Crippen LogP contribution is 2.15. The molecule has 2 N–H and O–H groups in total. The summed E-state index contributed by atoms with van der Waals surface area (Å²) in [6.45, 7) is 10.5. The summed E-state index contributed by atoms with van der Waals surface area (Å²) in [4.78, 5) is 4.82. The molecule has 1 heterocycles. The Morgan fingerprint density at radius 1 is 1.00 bits per heavy atom. The quantitative estimate of drug-likeness (QED) is 0.661. The lowest BCUT2D eigenvalue weighted by Crippen LogP contribution is -2.49. The minimum atomic E-state index is -0.584. The molecule has 4 heteroatoms. The smallest absolute Gasteiger partial charge is 0.0897 e. The molecule has 1 rings (SSSR count). The van der Waals surface area contributed by atoms with E-state index >= 15 is 0 Å². The lowest BCUT2D eigenvalue weighted by Gasteiger charge is -2.37. The van der Waals surface area contributed by atoms with E-state index in [1.165, 1.54) is 32.2 Å². The van der Waals surface area contributed by atoms with Gasteiger partial charge in [-0.2, -0.15) is 0 Å². The molecular formula is C15H32N2O2. The van der Waals surface area contributed by atoms with Crippen molar-refractivity contribution in [1.29, 1.82) is 0 Å². The zero-order valence-electron chi connectivity index (χ0n) is 12.7.